The molecule has 0 radical (unpaired) electrons. The molecule has 1 aliphatic rings. The Kier molecular flexibility index (Phi) is 2.87. The average molecular weight is 262 g/mol. The number of thiophene rings is 1. The summed E-state index contributed by atoms with van der Waals surface area (Å²) in [6, 6.07) is 2.01. The SMILES string of the molecule is CC(=O)N1CCN(c2ncnc3ccsc23)CC1. The number of anilines is 1. The van der Waals surface area contributed by atoms with Crippen LogP contribution >= 0.6 is 11.3 Å². The third-order valence-corrected chi connectivity index (χ3v) is 4.15. The Labute approximate surface area is 109 Å². The van der Waals surface area contributed by atoms with E-state index in [-0.39, 0.29) is 5.91 Å². The van der Waals surface area contributed by atoms with E-state index in [1.54, 1.807) is 24.6 Å². The van der Waals surface area contributed by atoms with Crippen LogP contribution in [0.25, 0.3) is 10.2 Å². The largest absolute Gasteiger partial charge is 0.352 e. The highest BCUT2D eigenvalue weighted by molar-refractivity contribution is 7.17. The van der Waals surface area contributed by atoms with E-state index >= 15 is 0 Å². The maximum absolute atomic E-state index is 11.3. The number of nitrogens with zero attached hydrogens (tertiary/aromatic N) is 4. The van der Waals surface area contributed by atoms with Gasteiger partial charge in [-0.05, 0) is 11.4 Å². The molecule has 0 aliphatic carbocycles. The second kappa shape index (κ2) is 4.53. The highest BCUT2D eigenvalue weighted by Crippen LogP contribution is 2.28. The summed E-state index contributed by atoms with van der Waals surface area (Å²) in [5.74, 6) is 1.15. The first kappa shape index (κ1) is 11.4. The molecule has 6 heteroatoms. The van der Waals surface area contributed by atoms with Gasteiger partial charge in [0, 0.05) is 33.1 Å². The Morgan fingerprint density at radius 1 is 1.28 bits per heavy atom. The summed E-state index contributed by atoms with van der Waals surface area (Å²) in [4.78, 5) is 24.1. The molecular formula is C12H14N4OS. The number of carbonyl (C=O) groups is 1. The summed E-state index contributed by atoms with van der Waals surface area (Å²) in [6.07, 6.45) is 1.61. The van der Waals surface area contributed by atoms with Crippen molar-refractivity contribution in [3.05, 3.63) is 17.8 Å². The summed E-state index contributed by atoms with van der Waals surface area (Å²) < 4.78 is 1.13. The van der Waals surface area contributed by atoms with Crippen LogP contribution in [0.2, 0.25) is 0 Å². The van der Waals surface area contributed by atoms with E-state index in [9.17, 15) is 4.79 Å². The molecule has 1 aliphatic heterocycles. The highest BCUT2D eigenvalue weighted by atomic mass is 32.1. The summed E-state index contributed by atoms with van der Waals surface area (Å²) in [7, 11) is 0. The minimum absolute atomic E-state index is 0.151. The second-order valence-corrected chi connectivity index (χ2v) is 5.24. The van der Waals surface area contributed by atoms with Crippen LogP contribution in [0.5, 0.6) is 0 Å². The smallest absolute Gasteiger partial charge is 0.219 e. The Hall–Kier alpha value is -1.69. The lowest BCUT2D eigenvalue weighted by Crippen LogP contribution is -2.48. The molecule has 1 fully saturated rings. The lowest BCUT2D eigenvalue weighted by molar-refractivity contribution is -0.129. The zero-order valence-corrected chi connectivity index (χ0v) is 11.0. The van der Waals surface area contributed by atoms with Crippen molar-refractivity contribution >= 4 is 33.3 Å². The number of hydrogen-bond donors (Lipinski definition) is 0. The van der Waals surface area contributed by atoms with Crippen LogP contribution in [-0.4, -0.2) is 47.0 Å². The molecule has 0 N–H and O–H groups in total. The van der Waals surface area contributed by atoms with E-state index in [0.29, 0.717) is 0 Å². The number of fused-ring (bicyclic) bond motifs is 1. The molecule has 5 nitrogen and oxygen atoms in total. The maximum Gasteiger partial charge on any atom is 0.219 e. The van der Waals surface area contributed by atoms with E-state index in [1.807, 2.05) is 16.3 Å². The van der Waals surface area contributed by atoms with Gasteiger partial charge in [-0.1, -0.05) is 0 Å². The molecule has 3 rings (SSSR count). The normalized spacial score (nSPS) is 16.3. The maximum atomic E-state index is 11.3. The van der Waals surface area contributed by atoms with Gasteiger partial charge in [0.25, 0.3) is 0 Å². The van der Waals surface area contributed by atoms with Crippen LogP contribution in [0.1, 0.15) is 6.92 Å². The number of piperazine rings is 1. The highest BCUT2D eigenvalue weighted by Gasteiger charge is 2.21. The fraction of sp³-hybridized carbons (Fsp3) is 0.417. The molecule has 2 aromatic rings. The minimum atomic E-state index is 0.151. The minimum Gasteiger partial charge on any atom is -0.352 e. The third-order valence-electron chi connectivity index (χ3n) is 3.25. The quantitative estimate of drug-likeness (QED) is 0.778. The number of aromatic nitrogens is 2. The third kappa shape index (κ3) is 1.92. The van der Waals surface area contributed by atoms with Crippen LogP contribution in [0.4, 0.5) is 5.82 Å². The zero-order chi connectivity index (χ0) is 12.5. The van der Waals surface area contributed by atoms with Crippen molar-refractivity contribution in [3.8, 4) is 0 Å². The summed E-state index contributed by atoms with van der Waals surface area (Å²) >= 11 is 1.67. The Bertz CT molecular complexity index is 574. The topological polar surface area (TPSA) is 49.3 Å². The van der Waals surface area contributed by atoms with E-state index in [0.717, 1.165) is 42.2 Å². The van der Waals surface area contributed by atoms with E-state index in [1.165, 1.54) is 0 Å². The van der Waals surface area contributed by atoms with Gasteiger partial charge in [-0.15, -0.1) is 11.3 Å². The van der Waals surface area contributed by atoms with Crippen LogP contribution in [-0.2, 0) is 4.79 Å². The summed E-state index contributed by atoms with van der Waals surface area (Å²) in [5.41, 5.74) is 0.999. The first-order valence-corrected chi connectivity index (χ1v) is 6.82. The van der Waals surface area contributed by atoms with Gasteiger partial charge >= 0.3 is 0 Å². The second-order valence-electron chi connectivity index (χ2n) is 4.33. The monoisotopic (exact) mass is 262 g/mol. The molecular weight excluding hydrogens is 248 g/mol. The van der Waals surface area contributed by atoms with Crippen molar-refractivity contribution in [2.24, 2.45) is 0 Å². The molecule has 1 amide bonds. The summed E-state index contributed by atoms with van der Waals surface area (Å²) in [6.45, 7) is 4.84. The Morgan fingerprint density at radius 3 is 2.78 bits per heavy atom. The van der Waals surface area contributed by atoms with Crippen molar-refractivity contribution in [3.63, 3.8) is 0 Å². The van der Waals surface area contributed by atoms with Crippen LogP contribution < -0.4 is 4.90 Å². The average Bonchev–Trinajstić information content (AvgIpc) is 2.87. The number of carbonyl (C=O) groups excluding carboxylic acids is 1. The number of rotatable bonds is 1. The molecule has 0 unspecified atom stereocenters. The van der Waals surface area contributed by atoms with E-state index in [2.05, 4.69) is 14.9 Å². The van der Waals surface area contributed by atoms with Gasteiger partial charge in [-0.3, -0.25) is 4.79 Å². The van der Waals surface area contributed by atoms with Crippen molar-refractivity contribution in [1.82, 2.24) is 14.9 Å². The van der Waals surface area contributed by atoms with Crippen LogP contribution in [0.3, 0.4) is 0 Å². The fourth-order valence-corrected chi connectivity index (χ4v) is 3.10. The predicted octanol–water partition coefficient (Wildman–Crippen LogP) is 1.36. The van der Waals surface area contributed by atoms with Crippen molar-refractivity contribution < 1.29 is 4.79 Å². The Morgan fingerprint density at radius 2 is 2.06 bits per heavy atom. The standard InChI is InChI=1S/C12H14N4OS/c1-9(17)15-3-5-16(6-4-15)12-11-10(2-7-18-11)13-8-14-12/h2,7-8H,3-6H2,1H3. The van der Waals surface area contributed by atoms with E-state index < -0.39 is 0 Å². The lowest BCUT2D eigenvalue weighted by atomic mass is 10.3. The predicted molar refractivity (Wildman–Crippen MR) is 71.9 cm³/mol. The van der Waals surface area contributed by atoms with Gasteiger partial charge in [-0.2, -0.15) is 0 Å². The van der Waals surface area contributed by atoms with Gasteiger partial charge in [0.05, 0.1) is 10.2 Å². The first-order valence-electron chi connectivity index (χ1n) is 5.94. The molecule has 2 aromatic heterocycles. The molecule has 18 heavy (non-hydrogen) atoms. The fourth-order valence-electron chi connectivity index (χ4n) is 2.23. The van der Waals surface area contributed by atoms with Crippen molar-refractivity contribution in [2.75, 3.05) is 31.1 Å². The van der Waals surface area contributed by atoms with Gasteiger partial charge in [0.2, 0.25) is 5.91 Å². The molecule has 0 bridgehead atoms. The Balaban J connectivity index is 1.84. The lowest BCUT2D eigenvalue weighted by Gasteiger charge is -2.34. The van der Waals surface area contributed by atoms with Crippen LogP contribution in [0, 0.1) is 0 Å². The molecule has 1 saturated heterocycles. The molecule has 0 aromatic carbocycles. The van der Waals surface area contributed by atoms with Crippen molar-refractivity contribution in [2.45, 2.75) is 6.92 Å². The van der Waals surface area contributed by atoms with Crippen LogP contribution in [0.15, 0.2) is 17.8 Å². The molecule has 3 heterocycles. The summed E-state index contributed by atoms with van der Waals surface area (Å²) in [5, 5.41) is 2.04. The molecule has 0 spiro atoms. The number of amides is 1. The van der Waals surface area contributed by atoms with Crippen molar-refractivity contribution in [1.29, 1.82) is 0 Å². The van der Waals surface area contributed by atoms with E-state index in [4.69, 9.17) is 0 Å². The van der Waals surface area contributed by atoms with Gasteiger partial charge in [-0.25, -0.2) is 9.97 Å². The van der Waals surface area contributed by atoms with Gasteiger partial charge in [0.15, 0.2) is 0 Å². The van der Waals surface area contributed by atoms with Gasteiger partial charge in [0.1, 0.15) is 12.1 Å². The zero-order valence-electron chi connectivity index (χ0n) is 10.2. The molecule has 94 valence electrons. The molecule has 0 atom stereocenters. The first-order chi connectivity index (χ1) is 8.75. The number of hydrogen-bond acceptors (Lipinski definition) is 5. The van der Waals surface area contributed by atoms with Gasteiger partial charge < -0.3 is 9.80 Å². The molecule has 0 saturated carbocycles.